The number of ether oxygens (including phenoxy) is 1. The Labute approximate surface area is 207 Å². The van der Waals surface area contributed by atoms with Gasteiger partial charge in [0.05, 0.1) is 0 Å². The lowest BCUT2D eigenvalue weighted by atomic mass is 10.1. The van der Waals surface area contributed by atoms with E-state index in [1.165, 1.54) is 0 Å². The predicted molar refractivity (Wildman–Crippen MR) is 124 cm³/mol. The molecule has 0 aliphatic carbocycles. The van der Waals surface area contributed by atoms with Crippen molar-refractivity contribution in [2.45, 2.75) is 50.8 Å². The van der Waals surface area contributed by atoms with E-state index in [-0.39, 0.29) is 41.5 Å². The maximum atomic E-state index is 12.9. The van der Waals surface area contributed by atoms with Crippen molar-refractivity contribution >= 4 is 24.0 Å². The third-order valence-corrected chi connectivity index (χ3v) is 5.28. The molecule has 2 aromatic rings. The number of amides is 1. The normalized spacial score (nSPS) is 12.3. The molecule has 0 saturated heterocycles. The minimum absolute atomic E-state index is 0.0545. The fraction of sp³-hybridized carbons (Fsp3) is 0.409. The number of carbonyl (C=O) groups is 4. The number of carboxylic acids is 3. The second-order valence-electron chi connectivity index (χ2n) is 7.88. The Morgan fingerprint density at radius 3 is 1.97 bits per heavy atom. The van der Waals surface area contributed by atoms with Gasteiger partial charge in [0, 0.05) is 13.0 Å². The third-order valence-electron chi connectivity index (χ3n) is 5.28. The van der Waals surface area contributed by atoms with Gasteiger partial charge < -0.3 is 25.4 Å². The van der Waals surface area contributed by atoms with Crippen LogP contribution in [-0.4, -0.2) is 60.0 Å². The lowest BCUT2D eigenvalue weighted by Crippen LogP contribution is -2.54. The number of aliphatic carboxylic acids is 3. The van der Waals surface area contributed by atoms with Crippen molar-refractivity contribution in [1.29, 1.82) is 0 Å². The molecule has 15 nitrogen and oxygen atoms in total. The van der Waals surface area contributed by atoms with E-state index in [1.807, 2.05) is 6.07 Å². The summed E-state index contributed by atoms with van der Waals surface area (Å²) in [5.41, 5.74) is -3.48. The van der Waals surface area contributed by atoms with E-state index in [0.29, 0.717) is 0 Å². The van der Waals surface area contributed by atoms with Crippen LogP contribution in [0.1, 0.15) is 49.8 Å². The quantitative estimate of drug-likeness (QED) is 0.206. The van der Waals surface area contributed by atoms with Crippen molar-refractivity contribution in [1.82, 2.24) is 19.4 Å². The van der Waals surface area contributed by atoms with Crippen LogP contribution in [0.25, 0.3) is 0 Å². The number of rotatable bonds is 14. The van der Waals surface area contributed by atoms with Gasteiger partial charge in [0.2, 0.25) is 0 Å². The number of unbranched alkanes of at least 4 members (excludes halogenated alkanes) is 1. The van der Waals surface area contributed by atoms with E-state index in [9.17, 15) is 43.8 Å². The van der Waals surface area contributed by atoms with Crippen LogP contribution in [0.15, 0.2) is 44.7 Å². The molecule has 1 amide bonds. The predicted octanol–water partition coefficient (Wildman–Crippen LogP) is -0.0888. The minimum atomic E-state index is -1.94. The van der Waals surface area contributed by atoms with Crippen LogP contribution in [0.2, 0.25) is 0 Å². The molecule has 5 N–H and O–H groups in total. The van der Waals surface area contributed by atoms with Crippen molar-refractivity contribution in [2.24, 2.45) is 0 Å². The Hall–Kier alpha value is -4.69. The molecular formula is C22H26N4O11. The summed E-state index contributed by atoms with van der Waals surface area (Å²) in [4.78, 5) is 85.1. The van der Waals surface area contributed by atoms with Crippen molar-refractivity contribution in [3.05, 3.63) is 67.3 Å². The molecule has 0 aliphatic heterocycles. The SMILES string of the molecule is O=C(O)CCC(C(=O)O)n1c(=O)[nH]c(=O)n(C(CCCCNC(=O)OCc2ccccc2)C(=O)O)c1=O. The molecule has 1 heterocycles. The van der Waals surface area contributed by atoms with Gasteiger partial charge in [0.15, 0.2) is 0 Å². The maximum absolute atomic E-state index is 12.9. The van der Waals surface area contributed by atoms with Gasteiger partial charge in [-0.3, -0.25) is 9.78 Å². The van der Waals surface area contributed by atoms with Gasteiger partial charge in [-0.25, -0.2) is 37.9 Å². The van der Waals surface area contributed by atoms with Crippen LogP contribution in [0.4, 0.5) is 4.79 Å². The van der Waals surface area contributed by atoms with Crippen LogP contribution in [0.3, 0.4) is 0 Å². The lowest BCUT2D eigenvalue weighted by molar-refractivity contribution is -0.142. The largest absolute Gasteiger partial charge is 0.481 e. The van der Waals surface area contributed by atoms with Gasteiger partial charge in [-0.1, -0.05) is 30.3 Å². The summed E-state index contributed by atoms with van der Waals surface area (Å²) < 4.78 is 5.37. The zero-order valence-electron chi connectivity index (χ0n) is 19.5. The third kappa shape index (κ3) is 8.19. The minimum Gasteiger partial charge on any atom is -0.481 e. The highest BCUT2D eigenvalue weighted by Crippen LogP contribution is 2.14. The summed E-state index contributed by atoms with van der Waals surface area (Å²) in [7, 11) is 0. The molecule has 2 atom stereocenters. The van der Waals surface area contributed by atoms with Gasteiger partial charge in [0.25, 0.3) is 0 Å². The van der Waals surface area contributed by atoms with Gasteiger partial charge in [-0.05, 0) is 31.2 Å². The Kier molecular flexibility index (Phi) is 10.3. The topological polar surface area (TPSA) is 227 Å². The van der Waals surface area contributed by atoms with E-state index < -0.39 is 66.0 Å². The van der Waals surface area contributed by atoms with Gasteiger partial charge in [-0.15, -0.1) is 0 Å². The maximum Gasteiger partial charge on any atom is 0.407 e. The summed E-state index contributed by atoms with van der Waals surface area (Å²) in [5.74, 6) is -4.69. The second-order valence-corrected chi connectivity index (χ2v) is 7.88. The first kappa shape index (κ1) is 28.5. The molecule has 1 aromatic carbocycles. The van der Waals surface area contributed by atoms with Crippen LogP contribution in [0.5, 0.6) is 0 Å². The highest BCUT2D eigenvalue weighted by Gasteiger charge is 2.30. The lowest BCUT2D eigenvalue weighted by Gasteiger charge is -2.18. The zero-order valence-corrected chi connectivity index (χ0v) is 19.5. The molecule has 0 bridgehead atoms. The molecule has 37 heavy (non-hydrogen) atoms. The molecule has 2 unspecified atom stereocenters. The number of nitrogens with zero attached hydrogens (tertiary/aromatic N) is 2. The standard InChI is InChI=1S/C22H26N4O11/c27-16(28)10-9-15(18(31)32)26-20(34)24-19(33)25(22(26)36)14(17(29)30)8-4-5-11-23-21(35)37-12-13-6-2-1-3-7-13/h1-3,6-7,14-15H,4-5,8-12H2,(H,23,35)(H,27,28)(H,29,30)(H,31,32)(H,24,33,34). The molecule has 0 fully saturated rings. The molecular weight excluding hydrogens is 496 g/mol. The van der Waals surface area contributed by atoms with Crippen molar-refractivity contribution in [2.75, 3.05) is 6.54 Å². The number of H-pyrrole nitrogens is 1. The number of nitrogens with one attached hydrogen (secondary N) is 2. The van der Waals surface area contributed by atoms with Crippen LogP contribution >= 0.6 is 0 Å². The average Bonchev–Trinajstić information content (AvgIpc) is 2.83. The summed E-state index contributed by atoms with van der Waals surface area (Å²) in [6.07, 6.45) is -1.97. The Bertz CT molecular complexity index is 1300. The van der Waals surface area contributed by atoms with Crippen molar-refractivity contribution < 1.29 is 39.2 Å². The monoisotopic (exact) mass is 522 g/mol. The first-order valence-corrected chi connectivity index (χ1v) is 11.1. The summed E-state index contributed by atoms with van der Waals surface area (Å²) in [5, 5.41) is 30.3. The van der Waals surface area contributed by atoms with Crippen LogP contribution in [0, 0.1) is 0 Å². The fourth-order valence-corrected chi connectivity index (χ4v) is 3.46. The molecule has 0 aliphatic rings. The number of alkyl carbamates (subject to hydrolysis) is 1. The first-order chi connectivity index (χ1) is 17.5. The van der Waals surface area contributed by atoms with Gasteiger partial charge in [0.1, 0.15) is 18.7 Å². The highest BCUT2D eigenvalue weighted by molar-refractivity contribution is 5.74. The van der Waals surface area contributed by atoms with E-state index in [0.717, 1.165) is 5.56 Å². The second kappa shape index (κ2) is 13.4. The molecule has 200 valence electrons. The highest BCUT2D eigenvalue weighted by atomic mass is 16.5. The van der Waals surface area contributed by atoms with E-state index in [2.05, 4.69) is 5.32 Å². The number of aromatic amines is 1. The fourth-order valence-electron chi connectivity index (χ4n) is 3.46. The number of carbonyl (C=O) groups excluding carboxylic acids is 1. The molecule has 1 aromatic heterocycles. The molecule has 0 radical (unpaired) electrons. The van der Waals surface area contributed by atoms with Crippen molar-refractivity contribution in [3.63, 3.8) is 0 Å². The van der Waals surface area contributed by atoms with Crippen molar-refractivity contribution in [3.8, 4) is 0 Å². The van der Waals surface area contributed by atoms with E-state index in [4.69, 9.17) is 9.84 Å². The molecule has 15 heteroatoms. The smallest absolute Gasteiger partial charge is 0.407 e. The Balaban J connectivity index is 2.08. The number of hydrogen-bond acceptors (Lipinski definition) is 8. The first-order valence-electron chi connectivity index (χ1n) is 11.1. The van der Waals surface area contributed by atoms with Gasteiger partial charge >= 0.3 is 41.1 Å². The van der Waals surface area contributed by atoms with E-state index in [1.54, 1.807) is 29.2 Å². The van der Waals surface area contributed by atoms with Crippen LogP contribution < -0.4 is 22.4 Å². The number of carboxylic acid groups (broad SMARTS) is 3. The zero-order chi connectivity index (χ0) is 27.5. The summed E-state index contributed by atoms with van der Waals surface area (Å²) >= 11 is 0. The summed E-state index contributed by atoms with van der Waals surface area (Å²) in [6.45, 7) is 0.153. The molecule has 2 rings (SSSR count). The van der Waals surface area contributed by atoms with Crippen LogP contribution in [-0.2, 0) is 25.7 Å². The Morgan fingerprint density at radius 1 is 0.865 bits per heavy atom. The summed E-state index contributed by atoms with van der Waals surface area (Å²) in [6, 6.07) is 5.23. The molecule has 0 saturated carbocycles. The Morgan fingerprint density at radius 2 is 1.43 bits per heavy atom. The van der Waals surface area contributed by atoms with Gasteiger partial charge in [-0.2, -0.15) is 0 Å². The number of aromatic nitrogens is 3. The van der Waals surface area contributed by atoms with E-state index >= 15 is 0 Å². The number of hydrogen-bond donors (Lipinski definition) is 5. The molecule has 0 spiro atoms. The number of benzene rings is 1. The average molecular weight is 522 g/mol.